The van der Waals surface area contributed by atoms with E-state index in [0.29, 0.717) is 12.2 Å². The summed E-state index contributed by atoms with van der Waals surface area (Å²) in [6, 6.07) is 17.4. The molecule has 0 radical (unpaired) electrons. The topological polar surface area (TPSA) is 64.9 Å². The lowest BCUT2D eigenvalue weighted by Gasteiger charge is -2.17. The predicted octanol–water partition coefficient (Wildman–Crippen LogP) is 2.90. The van der Waals surface area contributed by atoms with Gasteiger partial charge in [-0.1, -0.05) is 53.2 Å². The molecule has 2 aromatic rings. The summed E-state index contributed by atoms with van der Waals surface area (Å²) in [6.07, 6.45) is 0. The van der Waals surface area contributed by atoms with Gasteiger partial charge in [0.25, 0.3) is 5.91 Å². The van der Waals surface area contributed by atoms with E-state index in [1.165, 1.54) is 0 Å². The molecule has 0 heterocycles. The molecule has 5 heteroatoms. The molecule has 0 bridgehead atoms. The van der Waals surface area contributed by atoms with Gasteiger partial charge in [-0.3, -0.25) is 9.69 Å². The number of hydrogen-bond donors (Lipinski definition) is 2. The normalized spacial score (nSPS) is 11.5. The number of amides is 1. The van der Waals surface area contributed by atoms with Gasteiger partial charge >= 0.3 is 0 Å². The Labute approximate surface area is 136 Å². The Balaban J connectivity index is 1.93. The quantitative estimate of drug-likeness (QED) is 0.490. The van der Waals surface area contributed by atoms with Crippen LogP contribution in [0.15, 0.2) is 59.8 Å². The number of nitrogens with zero attached hydrogens (tertiary/aromatic N) is 2. The molecule has 0 saturated heterocycles. The maximum absolute atomic E-state index is 12.2. The molecule has 0 aliphatic heterocycles. The van der Waals surface area contributed by atoms with Crippen molar-refractivity contribution < 1.29 is 10.0 Å². The summed E-state index contributed by atoms with van der Waals surface area (Å²) < 4.78 is 0. The third kappa shape index (κ3) is 5.23. The second-order valence-electron chi connectivity index (χ2n) is 5.52. The van der Waals surface area contributed by atoms with E-state index in [4.69, 9.17) is 5.21 Å². The van der Waals surface area contributed by atoms with Crippen LogP contribution in [-0.4, -0.2) is 35.3 Å². The van der Waals surface area contributed by atoms with Crippen molar-refractivity contribution in [2.75, 3.05) is 18.9 Å². The van der Waals surface area contributed by atoms with E-state index >= 15 is 0 Å². The van der Waals surface area contributed by atoms with Crippen LogP contribution in [0.25, 0.3) is 0 Å². The molecule has 5 nitrogen and oxygen atoms in total. The molecule has 120 valence electrons. The highest BCUT2D eigenvalue weighted by atomic mass is 16.4. The molecule has 2 aromatic carbocycles. The van der Waals surface area contributed by atoms with Gasteiger partial charge in [-0.15, -0.1) is 0 Å². The fraction of sp³-hybridized carbons (Fsp3) is 0.222. The van der Waals surface area contributed by atoms with Gasteiger partial charge in [-0.05, 0) is 31.7 Å². The van der Waals surface area contributed by atoms with E-state index < -0.39 is 5.91 Å². The minimum absolute atomic E-state index is 0.0732. The average molecular weight is 311 g/mol. The third-order valence-electron chi connectivity index (χ3n) is 3.41. The number of carbonyl (C=O) groups is 1. The van der Waals surface area contributed by atoms with Crippen LogP contribution in [0.1, 0.15) is 11.1 Å². The zero-order valence-corrected chi connectivity index (χ0v) is 13.4. The molecular weight excluding hydrogens is 290 g/mol. The first-order valence-corrected chi connectivity index (χ1v) is 7.40. The van der Waals surface area contributed by atoms with Gasteiger partial charge in [0.15, 0.2) is 5.71 Å². The van der Waals surface area contributed by atoms with E-state index in [1.807, 2.05) is 73.5 Å². The second kappa shape index (κ2) is 8.10. The van der Waals surface area contributed by atoms with Gasteiger partial charge < -0.3 is 10.5 Å². The van der Waals surface area contributed by atoms with Gasteiger partial charge in [0.2, 0.25) is 0 Å². The summed E-state index contributed by atoms with van der Waals surface area (Å²) >= 11 is 0. The number of nitrogens with one attached hydrogen (secondary N) is 1. The first-order chi connectivity index (χ1) is 11.1. The van der Waals surface area contributed by atoms with Crippen molar-refractivity contribution >= 4 is 17.3 Å². The Kier molecular flexibility index (Phi) is 5.88. The van der Waals surface area contributed by atoms with Crippen LogP contribution in [-0.2, 0) is 11.3 Å². The predicted molar refractivity (Wildman–Crippen MR) is 91.8 cm³/mol. The number of benzene rings is 2. The number of carbonyl (C=O) groups excluding carboxylic acids is 1. The van der Waals surface area contributed by atoms with Crippen molar-refractivity contribution in [1.82, 2.24) is 4.90 Å². The zero-order chi connectivity index (χ0) is 16.7. The maximum atomic E-state index is 12.2. The Morgan fingerprint density at radius 2 is 1.78 bits per heavy atom. The number of rotatable bonds is 6. The summed E-state index contributed by atoms with van der Waals surface area (Å²) in [5.41, 5.74) is 2.99. The smallest absolute Gasteiger partial charge is 0.274 e. The zero-order valence-electron chi connectivity index (χ0n) is 13.4. The lowest BCUT2D eigenvalue weighted by atomic mass is 10.2. The number of oxime groups is 1. The van der Waals surface area contributed by atoms with E-state index in [2.05, 4.69) is 10.5 Å². The fourth-order valence-corrected chi connectivity index (χ4v) is 2.20. The van der Waals surface area contributed by atoms with Crippen LogP contribution in [0, 0.1) is 6.92 Å². The van der Waals surface area contributed by atoms with Crippen molar-refractivity contribution in [2.45, 2.75) is 13.5 Å². The van der Waals surface area contributed by atoms with Crippen molar-refractivity contribution in [2.24, 2.45) is 5.16 Å². The number of aryl methyl sites for hydroxylation is 1. The lowest BCUT2D eigenvalue weighted by molar-refractivity contribution is -0.110. The van der Waals surface area contributed by atoms with Crippen LogP contribution in [0.2, 0.25) is 0 Å². The van der Waals surface area contributed by atoms with E-state index in [0.717, 1.165) is 11.1 Å². The molecule has 0 spiro atoms. The molecule has 0 fully saturated rings. The van der Waals surface area contributed by atoms with Crippen LogP contribution in [0.5, 0.6) is 0 Å². The first-order valence-electron chi connectivity index (χ1n) is 7.40. The lowest BCUT2D eigenvalue weighted by Crippen LogP contribution is -2.34. The van der Waals surface area contributed by atoms with Crippen molar-refractivity contribution in [3.8, 4) is 0 Å². The monoisotopic (exact) mass is 311 g/mol. The molecule has 0 unspecified atom stereocenters. The Hall–Kier alpha value is -2.66. The summed E-state index contributed by atoms with van der Waals surface area (Å²) in [6.45, 7) is 2.89. The highest BCUT2D eigenvalue weighted by Gasteiger charge is 2.15. The van der Waals surface area contributed by atoms with Crippen molar-refractivity contribution in [3.05, 3.63) is 65.7 Å². The number of hydrogen-bond acceptors (Lipinski definition) is 4. The van der Waals surface area contributed by atoms with Crippen LogP contribution < -0.4 is 5.32 Å². The molecule has 0 aromatic heterocycles. The molecular formula is C18H21N3O2. The molecule has 0 aliphatic carbocycles. The van der Waals surface area contributed by atoms with Gasteiger partial charge in [0, 0.05) is 18.8 Å². The molecule has 1 amide bonds. The maximum Gasteiger partial charge on any atom is 0.274 e. The minimum Gasteiger partial charge on any atom is -0.410 e. The highest BCUT2D eigenvalue weighted by Crippen LogP contribution is 2.09. The van der Waals surface area contributed by atoms with Crippen LogP contribution in [0.3, 0.4) is 0 Å². The summed E-state index contributed by atoms with van der Waals surface area (Å²) in [7, 11) is 1.87. The number of anilines is 1. The fourth-order valence-electron chi connectivity index (χ4n) is 2.20. The summed E-state index contributed by atoms with van der Waals surface area (Å²) in [5, 5.41) is 15.0. The van der Waals surface area contributed by atoms with Crippen molar-refractivity contribution in [1.29, 1.82) is 0 Å². The van der Waals surface area contributed by atoms with Gasteiger partial charge in [0.1, 0.15) is 0 Å². The molecule has 23 heavy (non-hydrogen) atoms. The Morgan fingerprint density at radius 3 is 2.39 bits per heavy atom. The molecule has 0 saturated carbocycles. The highest BCUT2D eigenvalue weighted by molar-refractivity contribution is 6.43. The summed E-state index contributed by atoms with van der Waals surface area (Å²) in [5.74, 6) is -0.406. The van der Waals surface area contributed by atoms with E-state index in [1.54, 1.807) is 0 Å². The van der Waals surface area contributed by atoms with Crippen LogP contribution >= 0.6 is 0 Å². The Bertz CT molecular complexity index is 666. The second-order valence-corrected chi connectivity index (χ2v) is 5.52. The summed E-state index contributed by atoms with van der Waals surface area (Å²) in [4.78, 5) is 14.1. The third-order valence-corrected chi connectivity index (χ3v) is 3.41. The van der Waals surface area contributed by atoms with E-state index in [9.17, 15) is 4.79 Å². The first kappa shape index (κ1) is 16.7. The van der Waals surface area contributed by atoms with Gasteiger partial charge in [0.05, 0.1) is 0 Å². The van der Waals surface area contributed by atoms with Crippen molar-refractivity contribution in [3.63, 3.8) is 0 Å². The van der Waals surface area contributed by atoms with Crippen LogP contribution in [0.4, 0.5) is 5.69 Å². The molecule has 0 aliphatic rings. The molecule has 0 atom stereocenters. The minimum atomic E-state index is -0.406. The standard InChI is InChI=1S/C18H21N3O2/c1-14-8-10-16(11-9-14)19-18(22)17(20-23)13-21(2)12-15-6-4-3-5-7-15/h3-11,23H,12-13H2,1-2H3,(H,19,22)/b20-17-. The van der Waals surface area contributed by atoms with Gasteiger partial charge in [-0.2, -0.15) is 0 Å². The molecule has 2 N–H and O–H groups in total. The van der Waals surface area contributed by atoms with Gasteiger partial charge in [-0.25, -0.2) is 0 Å². The largest absolute Gasteiger partial charge is 0.410 e. The molecule has 2 rings (SSSR count). The average Bonchev–Trinajstić information content (AvgIpc) is 2.55. The van der Waals surface area contributed by atoms with E-state index in [-0.39, 0.29) is 12.3 Å². The Morgan fingerprint density at radius 1 is 1.13 bits per heavy atom. The SMILES string of the molecule is Cc1ccc(NC(=O)/C(CN(C)Cc2ccccc2)=N\O)cc1.